The number of rotatable bonds is 5. The van der Waals surface area contributed by atoms with Crippen LogP contribution in [0.5, 0.6) is 0 Å². The first-order chi connectivity index (χ1) is 10.1. The fourth-order valence-electron chi connectivity index (χ4n) is 2.28. The topological polar surface area (TPSA) is 95.7 Å². The predicted molar refractivity (Wildman–Crippen MR) is 78.3 cm³/mol. The van der Waals surface area contributed by atoms with Gasteiger partial charge >= 0.3 is 11.8 Å². The van der Waals surface area contributed by atoms with Crippen molar-refractivity contribution >= 4 is 29.1 Å². The Balaban J connectivity index is 2.08. The Morgan fingerprint density at radius 1 is 1.33 bits per heavy atom. The van der Waals surface area contributed by atoms with E-state index < -0.39 is 11.8 Å². The maximum atomic E-state index is 12.1. The van der Waals surface area contributed by atoms with E-state index in [-0.39, 0.29) is 12.5 Å². The lowest BCUT2D eigenvalue weighted by Gasteiger charge is -2.33. The lowest BCUT2D eigenvalue weighted by molar-refractivity contribution is -0.156. The molecular weight excluding hydrogens is 292 g/mol. The van der Waals surface area contributed by atoms with E-state index in [2.05, 4.69) is 5.43 Å². The third-order valence-corrected chi connectivity index (χ3v) is 4.29. The van der Waals surface area contributed by atoms with Crippen LogP contribution in [0.1, 0.15) is 28.6 Å². The fraction of sp³-hybridized carbons (Fsp3) is 0.462. The Kier molecular flexibility index (Phi) is 4.92. The van der Waals surface area contributed by atoms with Crippen LogP contribution in [0.3, 0.4) is 0 Å². The predicted octanol–water partition coefficient (Wildman–Crippen LogP) is -0.0676. The van der Waals surface area contributed by atoms with E-state index in [4.69, 9.17) is 5.84 Å². The number of hydrogen-bond donors (Lipinski definition) is 2. The zero-order valence-corrected chi connectivity index (χ0v) is 12.6. The maximum absolute atomic E-state index is 12.1. The molecule has 0 saturated carbocycles. The summed E-state index contributed by atoms with van der Waals surface area (Å²) in [6, 6.07) is 1.77. The molecule has 1 fully saturated rings. The molecule has 0 aliphatic carbocycles. The van der Waals surface area contributed by atoms with Crippen LogP contribution in [0.2, 0.25) is 0 Å². The van der Waals surface area contributed by atoms with Crippen LogP contribution < -0.4 is 11.3 Å². The molecule has 114 valence electrons. The molecule has 1 aromatic rings. The van der Waals surface area contributed by atoms with Crippen LogP contribution in [0.25, 0.3) is 0 Å². The lowest BCUT2D eigenvalue weighted by Crippen LogP contribution is -2.54. The van der Waals surface area contributed by atoms with Crippen LogP contribution in [0.4, 0.5) is 0 Å². The highest BCUT2D eigenvalue weighted by Crippen LogP contribution is 2.20. The van der Waals surface area contributed by atoms with Gasteiger partial charge in [0.05, 0.1) is 4.88 Å². The van der Waals surface area contributed by atoms with Gasteiger partial charge < -0.3 is 9.80 Å². The van der Waals surface area contributed by atoms with E-state index in [1.54, 1.807) is 16.3 Å². The minimum atomic E-state index is -0.514. The molecule has 0 aromatic carbocycles. The molecule has 1 aliphatic heterocycles. The fourth-order valence-corrected chi connectivity index (χ4v) is 3.10. The quantitative estimate of drug-likeness (QED) is 0.344. The Morgan fingerprint density at radius 3 is 2.67 bits per heavy atom. The van der Waals surface area contributed by atoms with Crippen molar-refractivity contribution in [1.82, 2.24) is 15.2 Å². The van der Waals surface area contributed by atoms with Gasteiger partial charge in [-0.1, -0.05) is 6.92 Å². The summed E-state index contributed by atoms with van der Waals surface area (Å²) in [5.74, 6) is 3.76. The summed E-state index contributed by atoms with van der Waals surface area (Å²) in [6.45, 7) is 3.81. The average molecular weight is 310 g/mol. The number of carbonyl (C=O) groups excluding carboxylic acids is 3. The minimum absolute atomic E-state index is 0.247. The summed E-state index contributed by atoms with van der Waals surface area (Å²) < 4.78 is 0. The van der Waals surface area contributed by atoms with Crippen LogP contribution >= 0.6 is 11.3 Å². The molecule has 21 heavy (non-hydrogen) atoms. The Morgan fingerprint density at radius 2 is 2.00 bits per heavy atom. The van der Waals surface area contributed by atoms with Gasteiger partial charge in [0.15, 0.2) is 0 Å². The highest BCUT2D eigenvalue weighted by Gasteiger charge is 2.32. The van der Waals surface area contributed by atoms with Crippen molar-refractivity contribution in [3.05, 3.63) is 21.9 Å². The first-order valence-electron chi connectivity index (χ1n) is 6.74. The smallest absolute Gasteiger partial charge is 0.312 e. The van der Waals surface area contributed by atoms with Crippen molar-refractivity contribution in [2.24, 2.45) is 5.84 Å². The number of carbonyl (C=O) groups is 3. The monoisotopic (exact) mass is 310 g/mol. The molecule has 1 aliphatic rings. The van der Waals surface area contributed by atoms with Crippen LogP contribution in [-0.4, -0.2) is 47.2 Å². The molecule has 1 saturated heterocycles. The SMILES string of the molecule is CCCN1CCN(Cc2ccsc2C(=O)NN)C(=O)C1=O. The highest BCUT2D eigenvalue weighted by molar-refractivity contribution is 7.12. The van der Waals surface area contributed by atoms with Crippen molar-refractivity contribution in [1.29, 1.82) is 0 Å². The normalized spacial score (nSPS) is 15.5. The van der Waals surface area contributed by atoms with E-state index in [0.717, 1.165) is 6.42 Å². The van der Waals surface area contributed by atoms with Gasteiger partial charge in [-0.3, -0.25) is 19.8 Å². The van der Waals surface area contributed by atoms with Crippen LogP contribution in [-0.2, 0) is 16.1 Å². The summed E-state index contributed by atoms with van der Waals surface area (Å²) in [5.41, 5.74) is 2.78. The van der Waals surface area contributed by atoms with E-state index in [9.17, 15) is 14.4 Å². The number of hydrazine groups is 1. The largest absolute Gasteiger partial charge is 0.333 e. The van der Waals surface area contributed by atoms with Gasteiger partial charge in [-0.25, -0.2) is 5.84 Å². The number of piperazine rings is 1. The number of thiophene rings is 1. The second-order valence-electron chi connectivity index (χ2n) is 4.77. The number of hydrogen-bond acceptors (Lipinski definition) is 5. The molecular formula is C13H18N4O3S. The Labute approximate surface area is 126 Å². The van der Waals surface area contributed by atoms with Crippen molar-refractivity contribution in [3.63, 3.8) is 0 Å². The first kappa shape index (κ1) is 15.5. The summed E-state index contributed by atoms with van der Waals surface area (Å²) >= 11 is 1.26. The van der Waals surface area contributed by atoms with Gasteiger partial charge in [0, 0.05) is 26.2 Å². The van der Waals surface area contributed by atoms with Gasteiger partial charge in [-0.05, 0) is 23.4 Å². The first-order valence-corrected chi connectivity index (χ1v) is 7.62. The molecule has 2 rings (SSSR count). The Bertz CT molecular complexity index is 557. The number of nitrogen functional groups attached to an aromatic ring is 1. The molecule has 1 aromatic heterocycles. The second kappa shape index (κ2) is 6.68. The Hall–Kier alpha value is -1.93. The third kappa shape index (κ3) is 3.22. The molecule has 0 radical (unpaired) electrons. The molecule has 2 heterocycles. The van der Waals surface area contributed by atoms with Gasteiger partial charge in [0.2, 0.25) is 0 Å². The van der Waals surface area contributed by atoms with Crippen molar-refractivity contribution in [2.75, 3.05) is 19.6 Å². The van der Waals surface area contributed by atoms with E-state index in [1.807, 2.05) is 6.92 Å². The molecule has 0 unspecified atom stereocenters. The minimum Gasteiger partial charge on any atom is -0.333 e. The standard InChI is InChI=1S/C13H18N4O3S/c1-2-4-16-5-6-17(13(20)12(16)19)8-9-3-7-21-10(9)11(18)15-14/h3,7H,2,4-6,8,14H2,1H3,(H,15,18). The second-order valence-corrected chi connectivity index (χ2v) is 5.68. The lowest BCUT2D eigenvalue weighted by atomic mass is 10.2. The zero-order chi connectivity index (χ0) is 15.4. The number of nitrogens with one attached hydrogen (secondary N) is 1. The molecule has 0 atom stereocenters. The van der Waals surface area contributed by atoms with Crippen molar-refractivity contribution in [2.45, 2.75) is 19.9 Å². The average Bonchev–Trinajstić information content (AvgIpc) is 2.94. The molecule has 7 nitrogen and oxygen atoms in total. The van der Waals surface area contributed by atoms with E-state index >= 15 is 0 Å². The zero-order valence-electron chi connectivity index (χ0n) is 11.8. The van der Waals surface area contributed by atoms with Gasteiger partial charge in [0.1, 0.15) is 0 Å². The van der Waals surface area contributed by atoms with Crippen molar-refractivity contribution in [3.8, 4) is 0 Å². The molecule has 3 N–H and O–H groups in total. The summed E-state index contributed by atoms with van der Waals surface area (Å²) in [7, 11) is 0. The molecule has 0 spiro atoms. The number of amides is 3. The van der Waals surface area contributed by atoms with Crippen LogP contribution in [0.15, 0.2) is 11.4 Å². The highest BCUT2D eigenvalue weighted by atomic mass is 32.1. The van der Waals surface area contributed by atoms with Gasteiger partial charge in [-0.2, -0.15) is 0 Å². The number of nitrogens with zero attached hydrogens (tertiary/aromatic N) is 2. The van der Waals surface area contributed by atoms with Gasteiger partial charge in [-0.15, -0.1) is 11.3 Å². The van der Waals surface area contributed by atoms with E-state index in [1.165, 1.54) is 16.2 Å². The molecule has 0 bridgehead atoms. The van der Waals surface area contributed by atoms with Crippen molar-refractivity contribution < 1.29 is 14.4 Å². The van der Waals surface area contributed by atoms with Crippen LogP contribution in [0, 0.1) is 0 Å². The summed E-state index contributed by atoms with van der Waals surface area (Å²) in [4.78, 5) is 39.2. The summed E-state index contributed by atoms with van der Waals surface area (Å²) in [6.07, 6.45) is 0.824. The van der Waals surface area contributed by atoms with Gasteiger partial charge in [0.25, 0.3) is 5.91 Å². The third-order valence-electron chi connectivity index (χ3n) is 3.34. The summed E-state index contributed by atoms with van der Waals surface area (Å²) in [5, 5.41) is 1.76. The van der Waals surface area contributed by atoms with E-state index in [0.29, 0.717) is 30.1 Å². The number of nitrogens with two attached hydrogens (primary N) is 1. The maximum Gasteiger partial charge on any atom is 0.312 e. The molecule has 3 amide bonds. The molecule has 8 heteroatoms.